The molecule has 2 atom stereocenters. The van der Waals surface area contributed by atoms with Crippen molar-refractivity contribution in [3.8, 4) is 0 Å². The maximum absolute atomic E-state index is 5.44. The normalized spacial score (nSPS) is 22.6. The summed E-state index contributed by atoms with van der Waals surface area (Å²) < 4.78 is 5.44. The fourth-order valence-corrected chi connectivity index (χ4v) is 2.78. The van der Waals surface area contributed by atoms with Gasteiger partial charge in [0, 0.05) is 19.3 Å². The molecular formula is C13H27NO. The van der Waals surface area contributed by atoms with Crippen LogP contribution in [0.2, 0.25) is 0 Å². The van der Waals surface area contributed by atoms with Crippen LogP contribution in [0.15, 0.2) is 0 Å². The minimum Gasteiger partial charge on any atom is -0.381 e. The first-order valence-corrected chi connectivity index (χ1v) is 6.60. The summed E-state index contributed by atoms with van der Waals surface area (Å²) >= 11 is 0. The molecule has 0 aromatic carbocycles. The molecule has 1 rings (SSSR count). The molecule has 0 radical (unpaired) electrons. The van der Waals surface area contributed by atoms with E-state index in [9.17, 15) is 0 Å². The van der Waals surface area contributed by atoms with Crippen LogP contribution in [0.3, 0.4) is 0 Å². The van der Waals surface area contributed by atoms with E-state index in [0.717, 1.165) is 31.6 Å². The molecule has 0 amide bonds. The second-order valence-electron chi connectivity index (χ2n) is 4.80. The maximum Gasteiger partial charge on any atom is 0.0469 e. The van der Waals surface area contributed by atoms with Crippen LogP contribution in [0.4, 0.5) is 0 Å². The minimum absolute atomic E-state index is 0.707. The third-order valence-electron chi connectivity index (χ3n) is 3.57. The van der Waals surface area contributed by atoms with Gasteiger partial charge in [0.2, 0.25) is 0 Å². The summed E-state index contributed by atoms with van der Waals surface area (Å²) in [5, 5.41) is 3.68. The van der Waals surface area contributed by atoms with Crippen LogP contribution in [0.25, 0.3) is 0 Å². The van der Waals surface area contributed by atoms with Gasteiger partial charge in [-0.25, -0.2) is 0 Å². The van der Waals surface area contributed by atoms with E-state index in [1.807, 2.05) is 0 Å². The first kappa shape index (κ1) is 13.0. The first-order chi connectivity index (χ1) is 7.29. The molecule has 0 saturated carbocycles. The highest BCUT2D eigenvalue weighted by Gasteiger charge is 2.27. The molecule has 1 fully saturated rings. The number of ether oxygens (including phenoxy) is 1. The molecule has 15 heavy (non-hydrogen) atoms. The van der Waals surface area contributed by atoms with E-state index >= 15 is 0 Å². The third kappa shape index (κ3) is 4.12. The molecular weight excluding hydrogens is 186 g/mol. The van der Waals surface area contributed by atoms with Crippen molar-refractivity contribution in [3.63, 3.8) is 0 Å². The van der Waals surface area contributed by atoms with Crippen LogP contribution in [-0.4, -0.2) is 25.8 Å². The third-order valence-corrected chi connectivity index (χ3v) is 3.57. The number of hydrogen-bond acceptors (Lipinski definition) is 2. The van der Waals surface area contributed by atoms with Gasteiger partial charge < -0.3 is 10.1 Å². The van der Waals surface area contributed by atoms with E-state index in [1.54, 1.807) is 0 Å². The average molecular weight is 213 g/mol. The Morgan fingerprint density at radius 3 is 2.47 bits per heavy atom. The Hall–Kier alpha value is -0.0800. The van der Waals surface area contributed by atoms with Crippen LogP contribution in [0.5, 0.6) is 0 Å². The van der Waals surface area contributed by atoms with E-state index in [2.05, 4.69) is 26.1 Å². The lowest BCUT2D eigenvalue weighted by atomic mass is 9.82. The number of nitrogens with one attached hydrogen (secondary N) is 1. The van der Waals surface area contributed by atoms with Gasteiger partial charge in [0.05, 0.1) is 0 Å². The predicted octanol–water partition coefficient (Wildman–Crippen LogP) is 2.83. The van der Waals surface area contributed by atoms with Crippen LogP contribution in [0.1, 0.15) is 46.5 Å². The summed E-state index contributed by atoms with van der Waals surface area (Å²) in [6.45, 7) is 9.91. The molecule has 2 unspecified atom stereocenters. The minimum atomic E-state index is 0.707. The largest absolute Gasteiger partial charge is 0.381 e. The predicted molar refractivity (Wildman–Crippen MR) is 65.1 cm³/mol. The van der Waals surface area contributed by atoms with Crippen molar-refractivity contribution in [3.05, 3.63) is 0 Å². The summed E-state index contributed by atoms with van der Waals surface area (Å²) in [5.74, 6) is 1.64. The lowest BCUT2D eigenvalue weighted by molar-refractivity contribution is 0.0453. The molecule has 90 valence electrons. The van der Waals surface area contributed by atoms with Crippen LogP contribution < -0.4 is 5.32 Å². The lowest BCUT2D eigenvalue weighted by Crippen LogP contribution is -2.43. The average Bonchev–Trinajstić information content (AvgIpc) is 2.27. The summed E-state index contributed by atoms with van der Waals surface area (Å²) in [7, 11) is 0. The Kier molecular flexibility index (Phi) is 6.26. The highest BCUT2D eigenvalue weighted by molar-refractivity contribution is 4.82. The Morgan fingerprint density at radius 1 is 1.27 bits per heavy atom. The van der Waals surface area contributed by atoms with E-state index in [-0.39, 0.29) is 0 Å². The molecule has 0 aromatic rings. The summed E-state index contributed by atoms with van der Waals surface area (Å²) in [6.07, 6.45) is 5.12. The molecule has 1 saturated heterocycles. The summed E-state index contributed by atoms with van der Waals surface area (Å²) in [5.41, 5.74) is 0. The molecule has 2 nitrogen and oxygen atoms in total. The quantitative estimate of drug-likeness (QED) is 0.732. The van der Waals surface area contributed by atoms with Crippen molar-refractivity contribution in [2.75, 3.05) is 19.8 Å². The highest BCUT2D eigenvalue weighted by Crippen LogP contribution is 2.25. The molecule has 0 aromatic heterocycles. The monoisotopic (exact) mass is 213 g/mol. The van der Waals surface area contributed by atoms with E-state index in [4.69, 9.17) is 4.74 Å². The zero-order valence-electron chi connectivity index (χ0n) is 10.6. The molecule has 1 N–H and O–H groups in total. The van der Waals surface area contributed by atoms with Crippen molar-refractivity contribution in [2.24, 2.45) is 11.8 Å². The van der Waals surface area contributed by atoms with E-state index in [1.165, 1.54) is 25.7 Å². The van der Waals surface area contributed by atoms with Crippen molar-refractivity contribution in [1.29, 1.82) is 0 Å². The van der Waals surface area contributed by atoms with Crippen molar-refractivity contribution >= 4 is 0 Å². The molecule has 0 aliphatic carbocycles. The zero-order chi connectivity index (χ0) is 11.1. The van der Waals surface area contributed by atoms with Crippen molar-refractivity contribution < 1.29 is 4.74 Å². The fraction of sp³-hybridized carbons (Fsp3) is 1.00. The molecule has 0 bridgehead atoms. The summed E-state index contributed by atoms with van der Waals surface area (Å²) in [4.78, 5) is 0. The smallest absolute Gasteiger partial charge is 0.0469 e. The van der Waals surface area contributed by atoms with Gasteiger partial charge in [-0.05, 0) is 37.6 Å². The highest BCUT2D eigenvalue weighted by atomic mass is 16.5. The van der Waals surface area contributed by atoms with Gasteiger partial charge in [-0.3, -0.25) is 0 Å². The van der Waals surface area contributed by atoms with Gasteiger partial charge in [-0.1, -0.05) is 27.2 Å². The van der Waals surface area contributed by atoms with Gasteiger partial charge in [0.1, 0.15) is 0 Å². The SMILES string of the molecule is CCCC(C)C(NCC)C1CCOCC1. The summed E-state index contributed by atoms with van der Waals surface area (Å²) in [6, 6.07) is 0.707. The van der Waals surface area contributed by atoms with E-state index in [0.29, 0.717) is 6.04 Å². The second kappa shape index (κ2) is 7.24. The Morgan fingerprint density at radius 2 is 1.93 bits per heavy atom. The molecule has 1 aliphatic heterocycles. The molecule has 1 aliphatic rings. The molecule has 2 heteroatoms. The maximum atomic E-state index is 5.44. The topological polar surface area (TPSA) is 21.3 Å². The lowest BCUT2D eigenvalue weighted by Gasteiger charge is -2.35. The Labute approximate surface area is 94.8 Å². The fourth-order valence-electron chi connectivity index (χ4n) is 2.78. The van der Waals surface area contributed by atoms with Gasteiger partial charge >= 0.3 is 0 Å². The van der Waals surface area contributed by atoms with Crippen molar-refractivity contribution in [2.45, 2.75) is 52.5 Å². The van der Waals surface area contributed by atoms with Crippen LogP contribution in [0, 0.1) is 11.8 Å². The van der Waals surface area contributed by atoms with Gasteiger partial charge in [-0.2, -0.15) is 0 Å². The number of rotatable bonds is 6. The van der Waals surface area contributed by atoms with Crippen LogP contribution >= 0.6 is 0 Å². The standard InChI is InChI=1S/C13H27NO/c1-4-6-11(3)13(14-5-2)12-7-9-15-10-8-12/h11-14H,4-10H2,1-3H3. The Bertz CT molecular complexity index is 155. The first-order valence-electron chi connectivity index (χ1n) is 6.60. The number of hydrogen-bond donors (Lipinski definition) is 1. The van der Waals surface area contributed by atoms with Crippen LogP contribution in [-0.2, 0) is 4.74 Å². The molecule has 0 spiro atoms. The molecule has 1 heterocycles. The van der Waals surface area contributed by atoms with Gasteiger partial charge in [-0.15, -0.1) is 0 Å². The van der Waals surface area contributed by atoms with Crippen molar-refractivity contribution in [1.82, 2.24) is 5.32 Å². The Balaban J connectivity index is 2.46. The van der Waals surface area contributed by atoms with Gasteiger partial charge in [0.25, 0.3) is 0 Å². The second-order valence-corrected chi connectivity index (χ2v) is 4.80. The van der Waals surface area contributed by atoms with Gasteiger partial charge in [0.15, 0.2) is 0 Å². The van der Waals surface area contributed by atoms with E-state index < -0.39 is 0 Å². The zero-order valence-corrected chi connectivity index (χ0v) is 10.6.